The number of benzene rings is 2. The molecule has 0 aliphatic heterocycles. The second kappa shape index (κ2) is 6.12. The smallest absolute Gasteiger partial charge is 0.124 e. The normalized spacial score (nSPS) is 12.3. The number of hydrogen-bond acceptors (Lipinski definition) is 1. The first kappa shape index (κ1) is 14.6. The van der Waals surface area contributed by atoms with Crippen molar-refractivity contribution in [1.82, 2.24) is 0 Å². The summed E-state index contributed by atoms with van der Waals surface area (Å²) in [6.07, 6.45) is 0. The van der Waals surface area contributed by atoms with Crippen LogP contribution < -0.4 is 5.32 Å². The first-order valence-corrected chi connectivity index (χ1v) is 7.19. The lowest BCUT2D eigenvalue weighted by molar-refractivity contribution is 0.625. The SMILES string of the molecule is CC(Nc1cc(Cl)ccc1Cl)c1ccc(F)cc1Br. The minimum absolute atomic E-state index is 0.0362. The van der Waals surface area contributed by atoms with Crippen LogP contribution in [0.1, 0.15) is 18.5 Å². The molecule has 0 bridgehead atoms. The number of nitrogens with one attached hydrogen (secondary N) is 1. The average Bonchev–Trinajstić information content (AvgIpc) is 2.33. The third kappa shape index (κ3) is 3.62. The van der Waals surface area contributed by atoms with Gasteiger partial charge in [-0.05, 0) is 42.8 Å². The molecule has 19 heavy (non-hydrogen) atoms. The summed E-state index contributed by atoms with van der Waals surface area (Å²) in [5.74, 6) is -0.274. The zero-order valence-electron chi connectivity index (χ0n) is 10.1. The Labute approximate surface area is 129 Å². The van der Waals surface area contributed by atoms with Gasteiger partial charge in [0.1, 0.15) is 5.82 Å². The van der Waals surface area contributed by atoms with Crippen molar-refractivity contribution in [2.75, 3.05) is 5.32 Å². The highest BCUT2D eigenvalue weighted by Crippen LogP contribution is 2.31. The quantitative estimate of drug-likeness (QED) is 0.698. The summed E-state index contributed by atoms with van der Waals surface area (Å²) in [6.45, 7) is 1.97. The molecule has 2 aromatic rings. The van der Waals surface area contributed by atoms with Gasteiger partial charge in [-0.3, -0.25) is 0 Å². The summed E-state index contributed by atoms with van der Waals surface area (Å²) in [5, 5.41) is 4.46. The molecule has 0 heterocycles. The van der Waals surface area contributed by atoms with Crippen LogP contribution in [0.2, 0.25) is 10.0 Å². The highest BCUT2D eigenvalue weighted by molar-refractivity contribution is 9.10. The molecular formula is C14H11BrCl2FN. The van der Waals surface area contributed by atoms with Gasteiger partial charge in [0.05, 0.1) is 10.7 Å². The summed E-state index contributed by atoms with van der Waals surface area (Å²) in [6, 6.07) is 9.79. The summed E-state index contributed by atoms with van der Waals surface area (Å²) in [5.41, 5.74) is 1.69. The van der Waals surface area contributed by atoms with E-state index >= 15 is 0 Å². The van der Waals surface area contributed by atoms with E-state index in [-0.39, 0.29) is 11.9 Å². The molecular weight excluding hydrogens is 352 g/mol. The standard InChI is InChI=1S/C14H11BrCl2FN/c1-8(11-4-3-10(18)7-12(11)15)19-14-6-9(16)2-5-13(14)17/h2-8,19H,1H3. The van der Waals surface area contributed by atoms with E-state index in [4.69, 9.17) is 23.2 Å². The fourth-order valence-electron chi connectivity index (χ4n) is 1.77. The molecule has 0 radical (unpaired) electrons. The van der Waals surface area contributed by atoms with Gasteiger partial charge in [0.25, 0.3) is 0 Å². The van der Waals surface area contributed by atoms with Crippen molar-refractivity contribution >= 4 is 44.8 Å². The minimum atomic E-state index is -0.274. The lowest BCUT2D eigenvalue weighted by Gasteiger charge is -2.18. The number of rotatable bonds is 3. The number of halogens is 4. The van der Waals surface area contributed by atoms with Gasteiger partial charge < -0.3 is 5.32 Å². The van der Waals surface area contributed by atoms with Gasteiger partial charge in [-0.2, -0.15) is 0 Å². The van der Waals surface area contributed by atoms with Crippen molar-refractivity contribution in [2.24, 2.45) is 0 Å². The molecule has 1 atom stereocenters. The lowest BCUT2D eigenvalue weighted by atomic mass is 10.1. The summed E-state index contributed by atoms with van der Waals surface area (Å²) in [7, 11) is 0. The van der Waals surface area contributed by atoms with E-state index < -0.39 is 0 Å². The first-order chi connectivity index (χ1) is 8.97. The molecule has 0 saturated heterocycles. The van der Waals surface area contributed by atoms with Gasteiger partial charge in [0, 0.05) is 15.5 Å². The van der Waals surface area contributed by atoms with Gasteiger partial charge in [0.15, 0.2) is 0 Å². The summed E-state index contributed by atoms with van der Waals surface area (Å²) in [4.78, 5) is 0. The highest BCUT2D eigenvalue weighted by atomic mass is 79.9. The van der Waals surface area contributed by atoms with Crippen LogP contribution in [-0.2, 0) is 0 Å². The second-order valence-corrected chi connectivity index (χ2v) is 5.85. The van der Waals surface area contributed by atoms with E-state index in [1.807, 2.05) is 6.92 Å². The molecule has 0 aliphatic rings. The third-order valence-electron chi connectivity index (χ3n) is 2.73. The van der Waals surface area contributed by atoms with Gasteiger partial charge in [0.2, 0.25) is 0 Å². The topological polar surface area (TPSA) is 12.0 Å². The van der Waals surface area contributed by atoms with Gasteiger partial charge in [-0.15, -0.1) is 0 Å². The maximum Gasteiger partial charge on any atom is 0.124 e. The molecule has 2 aromatic carbocycles. The number of anilines is 1. The van der Waals surface area contributed by atoms with Gasteiger partial charge in [-0.25, -0.2) is 4.39 Å². The second-order valence-electron chi connectivity index (χ2n) is 4.16. The molecule has 1 unspecified atom stereocenters. The molecule has 0 aliphatic carbocycles. The Morgan fingerprint density at radius 3 is 2.58 bits per heavy atom. The fourth-order valence-corrected chi connectivity index (χ4v) is 2.81. The maximum absolute atomic E-state index is 13.1. The van der Waals surface area contributed by atoms with Crippen molar-refractivity contribution in [3.8, 4) is 0 Å². The Balaban J connectivity index is 2.25. The Bertz CT molecular complexity index is 604. The molecule has 100 valence electrons. The molecule has 0 fully saturated rings. The van der Waals surface area contributed by atoms with E-state index in [1.165, 1.54) is 12.1 Å². The largest absolute Gasteiger partial charge is 0.377 e. The average molecular weight is 363 g/mol. The monoisotopic (exact) mass is 361 g/mol. The van der Waals surface area contributed by atoms with Crippen LogP contribution in [0.15, 0.2) is 40.9 Å². The van der Waals surface area contributed by atoms with Crippen LogP contribution in [0.4, 0.5) is 10.1 Å². The molecule has 0 spiro atoms. The zero-order valence-corrected chi connectivity index (χ0v) is 13.2. The van der Waals surface area contributed by atoms with Crippen LogP contribution in [-0.4, -0.2) is 0 Å². The first-order valence-electron chi connectivity index (χ1n) is 5.64. The summed E-state index contributed by atoms with van der Waals surface area (Å²) < 4.78 is 13.8. The Kier molecular flexibility index (Phi) is 4.71. The van der Waals surface area contributed by atoms with Crippen LogP contribution in [0.5, 0.6) is 0 Å². The predicted molar refractivity (Wildman–Crippen MR) is 82.6 cm³/mol. The van der Waals surface area contributed by atoms with Gasteiger partial charge >= 0.3 is 0 Å². The molecule has 0 amide bonds. The van der Waals surface area contributed by atoms with Crippen LogP contribution in [0.25, 0.3) is 0 Å². The molecule has 2 rings (SSSR count). The molecule has 1 N–H and O–H groups in total. The van der Waals surface area contributed by atoms with Gasteiger partial charge in [-0.1, -0.05) is 45.2 Å². The van der Waals surface area contributed by atoms with Crippen molar-refractivity contribution < 1.29 is 4.39 Å². The van der Waals surface area contributed by atoms with Crippen molar-refractivity contribution in [3.63, 3.8) is 0 Å². The lowest BCUT2D eigenvalue weighted by Crippen LogP contribution is -2.08. The Morgan fingerprint density at radius 1 is 1.16 bits per heavy atom. The predicted octanol–water partition coefficient (Wildman–Crippen LogP) is 6.07. The molecule has 0 aromatic heterocycles. The van der Waals surface area contributed by atoms with Crippen molar-refractivity contribution in [2.45, 2.75) is 13.0 Å². The molecule has 0 saturated carbocycles. The third-order valence-corrected chi connectivity index (χ3v) is 3.98. The van der Waals surface area contributed by atoms with Crippen LogP contribution in [0.3, 0.4) is 0 Å². The Morgan fingerprint density at radius 2 is 1.89 bits per heavy atom. The summed E-state index contributed by atoms with van der Waals surface area (Å²) >= 11 is 15.4. The minimum Gasteiger partial charge on any atom is -0.377 e. The fraction of sp³-hybridized carbons (Fsp3) is 0.143. The molecule has 5 heteroatoms. The van der Waals surface area contributed by atoms with Crippen molar-refractivity contribution in [3.05, 3.63) is 62.3 Å². The number of hydrogen-bond donors (Lipinski definition) is 1. The van der Waals surface area contributed by atoms with E-state index in [0.717, 1.165) is 11.3 Å². The van der Waals surface area contributed by atoms with E-state index in [2.05, 4.69) is 21.2 Å². The van der Waals surface area contributed by atoms with E-state index in [0.29, 0.717) is 14.5 Å². The highest BCUT2D eigenvalue weighted by Gasteiger charge is 2.11. The van der Waals surface area contributed by atoms with E-state index in [1.54, 1.807) is 24.3 Å². The zero-order chi connectivity index (χ0) is 14.0. The Hall–Kier alpha value is -0.770. The van der Waals surface area contributed by atoms with Crippen molar-refractivity contribution in [1.29, 1.82) is 0 Å². The van der Waals surface area contributed by atoms with Crippen LogP contribution in [0, 0.1) is 5.82 Å². The van der Waals surface area contributed by atoms with E-state index in [9.17, 15) is 4.39 Å². The molecule has 1 nitrogen and oxygen atoms in total. The maximum atomic E-state index is 13.1. The van der Waals surface area contributed by atoms with Crippen LogP contribution >= 0.6 is 39.1 Å².